The smallest absolute Gasteiger partial charge is 0.335 e. The van der Waals surface area contributed by atoms with Crippen molar-refractivity contribution in [3.8, 4) is 5.75 Å². The van der Waals surface area contributed by atoms with E-state index in [2.05, 4.69) is 0 Å². The molecule has 0 aliphatic rings. The molecule has 0 aromatic heterocycles. The fourth-order valence-corrected chi connectivity index (χ4v) is 2.01. The fraction of sp³-hybridized carbons (Fsp3) is 0.467. The second-order valence-corrected chi connectivity index (χ2v) is 6.42. The van der Waals surface area contributed by atoms with E-state index in [1.54, 1.807) is 12.1 Å². The van der Waals surface area contributed by atoms with Crippen molar-refractivity contribution in [3.05, 3.63) is 29.8 Å². The molecule has 0 bridgehead atoms. The van der Waals surface area contributed by atoms with Gasteiger partial charge in [-0.1, -0.05) is 0 Å². The van der Waals surface area contributed by atoms with Crippen molar-refractivity contribution in [2.45, 2.75) is 26.4 Å². The van der Waals surface area contributed by atoms with Crippen LogP contribution in [0.15, 0.2) is 24.3 Å². The first-order chi connectivity index (χ1) is 9.78. The van der Waals surface area contributed by atoms with Crippen LogP contribution in [0.3, 0.4) is 0 Å². The van der Waals surface area contributed by atoms with Crippen LogP contribution in [0.4, 0.5) is 0 Å². The Hall–Kier alpha value is -1.69. The van der Waals surface area contributed by atoms with E-state index in [0.717, 1.165) is 0 Å². The lowest BCUT2D eigenvalue weighted by molar-refractivity contribution is -0.151. The molecule has 0 fully saturated rings. The Kier molecular flexibility index (Phi) is 6.55. The van der Waals surface area contributed by atoms with Crippen molar-refractivity contribution in [2.75, 3.05) is 18.1 Å². The van der Waals surface area contributed by atoms with Crippen LogP contribution in [0.5, 0.6) is 5.75 Å². The van der Waals surface area contributed by atoms with E-state index in [0.29, 0.717) is 23.9 Å². The van der Waals surface area contributed by atoms with Crippen LogP contribution in [-0.4, -0.2) is 40.8 Å². The van der Waals surface area contributed by atoms with E-state index in [9.17, 15) is 9.59 Å². The van der Waals surface area contributed by atoms with Crippen molar-refractivity contribution >= 4 is 23.7 Å². The molecule has 0 radical (unpaired) electrons. The number of benzene rings is 1. The fourth-order valence-electron chi connectivity index (χ4n) is 1.44. The summed E-state index contributed by atoms with van der Waals surface area (Å²) in [4.78, 5) is 22.1. The lowest BCUT2D eigenvalue weighted by Gasteiger charge is -2.19. The van der Waals surface area contributed by atoms with E-state index in [4.69, 9.17) is 14.6 Å². The predicted octanol–water partition coefficient (Wildman–Crippen LogP) is 2.84. The van der Waals surface area contributed by atoms with Crippen LogP contribution in [-0.2, 0) is 9.53 Å². The van der Waals surface area contributed by atoms with Crippen molar-refractivity contribution in [2.24, 2.45) is 0 Å². The molecular formula is C15H20O5S. The summed E-state index contributed by atoms with van der Waals surface area (Å²) in [7, 11) is 0. The van der Waals surface area contributed by atoms with Gasteiger partial charge in [0.1, 0.15) is 11.4 Å². The van der Waals surface area contributed by atoms with Crippen LogP contribution < -0.4 is 4.74 Å². The molecule has 6 heteroatoms. The average Bonchev–Trinajstić information content (AvgIpc) is 2.36. The molecule has 0 saturated carbocycles. The summed E-state index contributed by atoms with van der Waals surface area (Å²) in [5.41, 5.74) is -0.235. The van der Waals surface area contributed by atoms with Crippen LogP contribution in [0, 0.1) is 0 Å². The van der Waals surface area contributed by atoms with Gasteiger partial charge in [-0.2, -0.15) is 0 Å². The number of aromatic carboxylic acids is 1. The highest BCUT2D eigenvalue weighted by molar-refractivity contribution is 7.99. The van der Waals surface area contributed by atoms with Gasteiger partial charge in [0, 0.05) is 5.75 Å². The van der Waals surface area contributed by atoms with Gasteiger partial charge in [0.25, 0.3) is 0 Å². The maximum Gasteiger partial charge on any atom is 0.335 e. The summed E-state index contributed by atoms with van der Waals surface area (Å²) in [6.45, 7) is 5.94. The normalized spacial score (nSPS) is 11.0. The third kappa shape index (κ3) is 7.60. The number of thioether (sulfide) groups is 1. The molecule has 21 heavy (non-hydrogen) atoms. The Bertz CT molecular complexity index is 476. The Morgan fingerprint density at radius 3 is 2.33 bits per heavy atom. The van der Waals surface area contributed by atoms with Gasteiger partial charge in [-0.05, 0) is 45.0 Å². The van der Waals surface area contributed by atoms with Gasteiger partial charge in [-0.25, -0.2) is 4.79 Å². The predicted molar refractivity (Wildman–Crippen MR) is 82.1 cm³/mol. The van der Waals surface area contributed by atoms with Crippen LogP contribution in [0.1, 0.15) is 31.1 Å². The van der Waals surface area contributed by atoms with Crippen molar-refractivity contribution in [3.63, 3.8) is 0 Å². The summed E-state index contributed by atoms with van der Waals surface area (Å²) < 4.78 is 10.6. The van der Waals surface area contributed by atoms with Gasteiger partial charge in [-0.3, -0.25) is 4.79 Å². The molecule has 1 aromatic carbocycles. The van der Waals surface area contributed by atoms with Gasteiger partial charge >= 0.3 is 11.9 Å². The Balaban J connectivity index is 2.19. The SMILES string of the molecule is CC(C)(C)OC(=O)CSCCOc1ccc(C(=O)O)cc1. The molecule has 116 valence electrons. The zero-order chi connectivity index (χ0) is 15.9. The van der Waals surface area contributed by atoms with E-state index in [1.807, 2.05) is 20.8 Å². The minimum absolute atomic E-state index is 0.224. The standard InChI is InChI=1S/C15H20O5S/c1-15(2,3)20-13(16)10-21-9-8-19-12-6-4-11(5-7-12)14(17)18/h4-7H,8-10H2,1-3H3,(H,17,18). The Morgan fingerprint density at radius 2 is 1.81 bits per heavy atom. The number of carbonyl (C=O) groups is 2. The number of hydrogen-bond donors (Lipinski definition) is 1. The highest BCUT2D eigenvalue weighted by atomic mass is 32.2. The molecular weight excluding hydrogens is 292 g/mol. The first-order valence-corrected chi connectivity index (χ1v) is 7.69. The number of hydrogen-bond acceptors (Lipinski definition) is 5. The summed E-state index contributed by atoms with van der Waals surface area (Å²) in [6, 6.07) is 6.21. The Morgan fingerprint density at radius 1 is 1.19 bits per heavy atom. The zero-order valence-electron chi connectivity index (χ0n) is 12.4. The average molecular weight is 312 g/mol. The van der Waals surface area contributed by atoms with Crippen LogP contribution in [0.25, 0.3) is 0 Å². The molecule has 0 atom stereocenters. The molecule has 0 saturated heterocycles. The van der Waals surface area contributed by atoms with Crippen LogP contribution >= 0.6 is 11.8 Å². The lowest BCUT2D eigenvalue weighted by Crippen LogP contribution is -2.25. The van der Waals surface area contributed by atoms with E-state index in [1.165, 1.54) is 23.9 Å². The molecule has 1 N–H and O–H groups in total. The monoisotopic (exact) mass is 312 g/mol. The van der Waals surface area contributed by atoms with Gasteiger partial charge in [0.2, 0.25) is 0 Å². The summed E-state index contributed by atoms with van der Waals surface area (Å²) in [5, 5.41) is 8.77. The lowest BCUT2D eigenvalue weighted by atomic mass is 10.2. The number of carboxylic acid groups (broad SMARTS) is 1. The van der Waals surface area contributed by atoms with Gasteiger partial charge in [0.05, 0.1) is 17.9 Å². The molecule has 0 unspecified atom stereocenters. The zero-order valence-corrected chi connectivity index (χ0v) is 13.2. The van der Waals surface area contributed by atoms with Gasteiger partial charge in [0.15, 0.2) is 0 Å². The first kappa shape index (κ1) is 17.4. The minimum Gasteiger partial charge on any atom is -0.493 e. The molecule has 0 heterocycles. The molecule has 0 spiro atoms. The first-order valence-electron chi connectivity index (χ1n) is 6.54. The van der Waals surface area contributed by atoms with Gasteiger partial charge < -0.3 is 14.6 Å². The third-order valence-corrected chi connectivity index (χ3v) is 3.13. The van der Waals surface area contributed by atoms with Crippen molar-refractivity contribution in [1.82, 2.24) is 0 Å². The third-order valence-electron chi connectivity index (χ3n) is 2.24. The van der Waals surface area contributed by atoms with Crippen LogP contribution in [0.2, 0.25) is 0 Å². The molecule has 0 aliphatic carbocycles. The quantitative estimate of drug-likeness (QED) is 0.616. The second kappa shape index (κ2) is 7.93. The molecule has 0 amide bonds. The topological polar surface area (TPSA) is 72.8 Å². The van der Waals surface area contributed by atoms with Gasteiger partial charge in [-0.15, -0.1) is 11.8 Å². The van der Waals surface area contributed by atoms with E-state index >= 15 is 0 Å². The molecule has 1 rings (SSSR count). The summed E-state index contributed by atoms with van der Waals surface area (Å²) >= 11 is 1.44. The number of carboxylic acids is 1. The highest BCUT2D eigenvalue weighted by Crippen LogP contribution is 2.13. The minimum atomic E-state index is -0.963. The van der Waals surface area contributed by atoms with E-state index < -0.39 is 11.6 Å². The number of rotatable bonds is 7. The number of esters is 1. The molecule has 1 aromatic rings. The summed E-state index contributed by atoms with van der Waals surface area (Å²) in [6.07, 6.45) is 0. The Labute approximate surface area is 128 Å². The maximum atomic E-state index is 11.5. The largest absolute Gasteiger partial charge is 0.493 e. The number of ether oxygens (including phenoxy) is 2. The molecule has 5 nitrogen and oxygen atoms in total. The maximum absolute atomic E-state index is 11.5. The summed E-state index contributed by atoms with van der Waals surface area (Å²) in [5.74, 6) is 0.351. The van der Waals surface area contributed by atoms with Crippen molar-refractivity contribution < 1.29 is 24.2 Å². The van der Waals surface area contributed by atoms with E-state index in [-0.39, 0.29) is 11.5 Å². The second-order valence-electron chi connectivity index (χ2n) is 5.32. The highest BCUT2D eigenvalue weighted by Gasteiger charge is 2.15. The number of carbonyl (C=O) groups excluding carboxylic acids is 1. The van der Waals surface area contributed by atoms with Crippen molar-refractivity contribution in [1.29, 1.82) is 0 Å². The molecule has 0 aliphatic heterocycles.